The number of sulfonamides is 1. The van der Waals surface area contributed by atoms with E-state index < -0.39 is 33.6 Å². The molecule has 44 heavy (non-hydrogen) atoms. The average molecular weight is 696 g/mol. The van der Waals surface area contributed by atoms with Crippen LogP contribution in [0.1, 0.15) is 53.7 Å². The first-order chi connectivity index (χ1) is 20.6. The van der Waals surface area contributed by atoms with E-state index in [-0.39, 0.29) is 59.8 Å². The maximum absolute atomic E-state index is 13.3. The predicted octanol–water partition coefficient (Wildman–Crippen LogP) is 7.14. The minimum atomic E-state index is -4.59. The van der Waals surface area contributed by atoms with Crippen LogP contribution in [0, 0.1) is 5.92 Å². The van der Waals surface area contributed by atoms with Gasteiger partial charge in [0.2, 0.25) is 10.0 Å². The van der Waals surface area contributed by atoms with Crippen molar-refractivity contribution < 1.29 is 41.0 Å². The Morgan fingerprint density at radius 2 is 1.73 bits per heavy atom. The number of aliphatic carboxylic acids is 1. The molecule has 1 amide bonds. The highest BCUT2D eigenvalue weighted by Crippen LogP contribution is 2.32. The van der Waals surface area contributed by atoms with Crippen LogP contribution >= 0.6 is 34.5 Å². The van der Waals surface area contributed by atoms with Crippen LogP contribution in [0.15, 0.2) is 53.4 Å². The molecule has 2 N–H and O–H groups in total. The zero-order chi connectivity index (χ0) is 32.7. The number of benzene rings is 2. The van der Waals surface area contributed by atoms with E-state index in [1.54, 1.807) is 18.2 Å². The fourth-order valence-electron chi connectivity index (χ4n) is 4.09. The first kappa shape index (κ1) is 35.6. The molecule has 0 spiro atoms. The summed E-state index contributed by atoms with van der Waals surface area (Å²) in [6.07, 6.45) is -4.02. The Balaban J connectivity index is 1.76. The largest absolute Gasteiger partial charge is 0.492 e. The maximum atomic E-state index is 13.3. The van der Waals surface area contributed by atoms with Gasteiger partial charge in [-0.05, 0) is 72.4 Å². The number of nitrogens with zero attached hydrogens (tertiary/aromatic N) is 1. The predicted molar refractivity (Wildman–Crippen MR) is 163 cm³/mol. The lowest BCUT2D eigenvalue weighted by molar-refractivity contribution is -0.138. The number of nitrogens with one attached hydrogen (secondary N) is 1. The Morgan fingerprint density at radius 3 is 2.30 bits per heavy atom. The summed E-state index contributed by atoms with van der Waals surface area (Å²) in [5, 5.41) is 11.9. The number of carboxylic acid groups (broad SMARTS) is 1. The van der Waals surface area contributed by atoms with Gasteiger partial charge in [-0.2, -0.15) is 17.5 Å². The molecule has 0 aliphatic heterocycles. The fraction of sp³-hybridized carbons (Fsp3) is 0.379. The number of alkyl halides is 3. The topological polar surface area (TPSA) is 113 Å². The Bertz CT molecular complexity index is 1560. The summed E-state index contributed by atoms with van der Waals surface area (Å²) in [6, 6.07) is 9.70. The number of thiophene rings is 1. The Morgan fingerprint density at radius 1 is 1.05 bits per heavy atom. The second-order valence-electron chi connectivity index (χ2n) is 10.2. The number of rotatable bonds is 15. The maximum Gasteiger partial charge on any atom is 0.416 e. The van der Waals surface area contributed by atoms with E-state index in [0.29, 0.717) is 27.6 Å². The monoisotopic (exact) mass is 694 g/mol. The van der Waals surface area contributed by atoms with Gasteiger partial charge in [0, 0.05) is 26.1 Å². The van der Waals surface area contributed by atoms with Crippen LogP contribution in [0.25, 0.3) is 0 Å². The molecule has 15 heteroatoms. The molecule has 8 nitrogen and oxygen atoms in total. The Kier molecular flexibility index (Phi) is 12.5. The van der Waals surface area contributed by atoms with Crippen molar-refractivity contribution >= 4 is 56.4 Å². The van der Waals surface area contributed by atoms with Crippen LogP contribution < -0.4 is 10.1 Å². The highest BCUT2D eigenvalue weighted by Gasteiger charge is 2.31. The van der Waals surface area contributed by atoms with Crippen molar-refractivity contribution in [2.45, 2.75) is 50.7 Å². The van der Waals surface area contributed by atoms with E-state index in [4.69, 9.17) is 33.0 Å². The van der Waals surface area contributed by atoms with Crippen LogP contribution in [0.3, 0.4) is 0 Å². The van der Waals surface area contributed by atoms with Crippen molar-refractivity contribution in [3.63, 3.8) is 0 Å². The van der Waals surface area contributed by atoms with Crippen molar-refractivity contribution in [3.05, 3.63) is 79.5 Å². The molecule has 0 unspecified atom stereocenters. The van der Waals surface area contributed by atoms with Crippen molar-refractivity contribution in [1.29, 1.82) is 0 Å². The molecule has 0 atom stereocenters. The van der Waals surface area contributed by atoms with Crippen molar-refractivity contribution in [2.75, 3.05) is 19.7 Å². The number of hydrogen-bond donors (Lipinski definition) is 2. The van der Waals surface area contributed by atoms with Gasteiger partial charge in [-0.15, -0.1) is 11.3 Å². The van der Waals surface area contributed by atoms with Gasteiger partial charge in [0.25, 0.3) is 5.91 Å². The number of aryl methyl sites for hydroxylation is 1. The number of carbonyl (C=O) groups is 2. The molecule has 0 fully saturated rings. The zero-order valence-electron chi connectivity index (χ0n) is 23.8. The van der Waals surface area contributed by atoms with E-state index in [9.17, 15) is 31.2 Å². The van der Waals surface area contributed by atoms with Gasteiger partial charge in [-0.25, -0.2) is 8.42 Å². The summed E-state index contributed by atoms with van der Waals surface area (Å²) >= 11 is 13.1. The van der Waals surface area contributed by atoms with Crippen molar-refractivity contribution in [2.24, 2.45) is 5.92 Å². The third kappa shape index (κ3) is 10.1. The lowest BCUT2D eigenvalue weighted by Crippen LogP contribution is -2.36. The molecule has 0 aliphatic carbocycles. The number of halogens is 5. The lowest BCUT2D eigenvalue weighted by Gasteiger charge is -2.23. The summed E-state index contributed by atoms with van der Waals surface area (Å²) in [4.78, 5) is 23.6. The molecule has 1 aromatic heterocycles. The van der Waals surface area contributed by atoms with E-state index in [1.807, 2.05) is 13.8 Å². The van der Waals surface area contributed by atoms with Gasteiger partial charge in [0.05, 0.1) is 20.4 Å². The standard InChI is InChI=1S/C29H31Cl2F3N2O6S2/c1-18(2)11-12-36(44(40,41)23-8-5-21(6-9-23)29(32,33)34)13-14-42-22-7-3-19(4-10-26(37)38)20(15-22)17-35-28(39)24-16-25(30)43-27(24)31/h3,5-9,15-16,18H,4,10-14,17H2,1-2H3,(H,35,39)(H,37,38). The smallest absolute Gasteiger partial charge is 0.416 e. The van der Waals surface area contributed by atoms with Crippen molar-refractivity contribution in [1.82, 2.24) is 9.62 Å². The van der Waals surface area contributed by atoms with Gasteiger partial charge in [0.15, 0.2) is 0 Å². The fourth-order valence-corrected chi connectivity index (χ4v) is 6.99. The number of hydrogen-bond acceptors (Lipinski definition) is 6. The molecule has 1 heterocycles. The molecule has 0 bridgehead atoms. The van der Waals surface area contributed by atoms with Crippen molar-refractivity contribution in [3.8, 4) is 5.75 Å². The van der Waals surface area contributed by atoms with Gasteiger partial charge in [-0.3, -0.25) is 9.59 Å². The lowest BCUT2D eigenvalue weighted by atomic mass is 10.0. The molecule has 240 valence electrons. The van der Waals surface area contributed by atoms with E-state index >= 15 is 0 Å². The molecule has 0 aliphatic rings. The average Bonchev–Trinajstić information content (AvgIpc) is 3.29. The SMILES string of the molecule is CC(C)CCN(CCOc1ccc(CCC(=O)O)c(CNC(=O)c2cc(Cl)sc2Cl)c1)S(=O)(=O)c1ccc(C(F)(F)F)cc1. The van der Waals surface area contributed by atoms with Gasteiger partial charge in [-0.1, -0.05) is 43.1 Å². The number of carboxylic acids is 1. The van der Waals surface area contributed by atoms with Gasteiger partial charge < -0.3 is 15.2 Å². The Hall–Kier alpha value is -2.84. The summed E-state index contributed by atoms with van der Waals surface area (Å²) in [5.41, 5.74) is 0.507. The van der Waals surface area contributed by atoms with Gasteiger partial charge in [0.1, 0.15) is 16.7 Å². The molecule has 2 aromatic carbocycles. The number of carbonyl (C=O) groups excluding carboxylic acids is 1. The van der Waals surface area contributed by atoms with Crippen LogP contribution in [0.2, 0.25) is 8.67 Å². The first-order valence-electron chi connectivity index (χ1n) is 13.4. The summed E-state index contributed by atoms with van der Waals surface area (Å²) in [5.74, 6) is -0.948. The number of ether oxygens (including phenoxy) is 1. The molecular weight excluding hydrogens is 664 g/mol. The second-order valence-corrected chi connectivity index (χ2v) is 14.4. The van der Waals surface area contributed by atoms with Crippen LogP contribution in [-0.4, -0.2) is 49.4 Å². The summed E-state index contributed by atoms with van der Waals surface area (Å²) in [7, 11) is -4.13. The zero-order valence-corrected chi connectivity index (χ0v) is 26.9. The normalized spacial score (nSPS) is 12.1. The molecule has 3 aromatic rings. The first-order valence-corrected chi connectivity index (χ1v) is 16.5. The third-order valence-electron chi connectivity index (χ3n) is 6.51. The summed E-state index contributed by atoms with van der Waals surface area (Å²) < 4.78 is 73.3. The Labute approximate surface area is 267 Å². The molecule has 0 radical (unpaired) electrons. The quantitative estimate of drug-likeness (QED) is 0.175. The molecule has 0 saturated carbocycles. The van der Waals surface area contributed by atoms with Gasteiger partial charge >= 0.3 is 12.1 Å². The summed E-state index contributed by atoms with van der Waals surface area (Å²) in [6.45, 7) is 3.84. The van der Waals surface area contributed by atoms with E-state index in [2.05, 4.69) is 5.32 Å². The minimum absolute atomic E-state index is 0.0254. The van der Waals surface area contributed by atoms with E-state index in [0.717, 1.165) is 35.6 Å². The highest BCUT2D eigenvalue weighted by molar-refractivity contribution is 7.89. The molecule has 3 rings (SSSR count). The highest BCUT2D eigenvalue weighted by atomic mass is 35.5. The molecule has 0 saturated heterocycles. The second kappa shape index (κ2) is 15.4. The molecular formula is C29H31Cl2F3N2O6S2. The minimum Gasteiger partial charge on any atom is -0.492 e. The van der Waals surface area contributed by atoms with Crippen LogP contribution in [0.5, 0.6) is 5.75 Å². The van der Waals surface area contributed by atoms with E-state index in [1.165, 1.54) is 10.4 Å². The third-order valence-corrected chi connectivity index (χ3v) is 9.91. The van der Waals surface area contributed by atoms with Crippen LogP contribution in [0.4, 0.5) is 13.2 Å². The van der Waals surface area contributed by atoms with Crippen LogP contribution in [-0.2, 0) is 34.0 Å². The number of amides is 1.